The Morgan fingerprint density at radius 3 is 2.33 bits per heavy atom. The van der Waals surface area contributed by atoms with Crippen molar-refractivity contribution in [1.82, 2.24) is 0 Å². The van der Waals surface area contributed by atoms with Crippen molar-refractivity contribution in [3.8, 4) is 11.5 Å². The summed E-state index contributed by atoms with van der Waals surface area (Å²) in [6, 6.07) is 10.4. The summed E-state index contributed by atoms with van der Waals surface area (Å²) in [6.07, 6.45) is -4.49. The highest BCUT2D eigenvalue weighted by atomic mass is 35.5. The first-order chi connectivity index (χ1) is 12.2. The lowest BCUT2D eigenvalue weighted by Gasteiger charge is -2.16. The number of nitrogens with two attached hydrogens (primary N) is 1. The van der Waals surface area contributed by atoms with Gasteiger partial charge < -0.3 is 20.5 Å². The van der Waals surface area contributed by atoms with Crippen LogP contribution in [0.4, 0.5) is 18.9 Å². The largest absolute Gasteiger partial charge is 0.493 e. The van der Waals surface area contributed by atoms with Crippen molar-refractivity contribution < 1.29 is 27.4 Å². The fraction of sp³-hybridized carbons (Fsp3) is 0.278. The van der Waals surface area contributed by atoms with E-state index in [9.17, 15) is 18.0 Å². The van der Waals surface area contributed by atoms with Crippen LogP contribution < -0.4 is 20.5 Å². The molecule has 2 aromatic rings. The summed E-state index contributed by atoms with van der Waals surface area (Å²) in [6.45, 7) is 0.443. The number of nitrogens with one attached hydrogen (secondary N) is 1. The normalized spacial score (nSPS) is 11.9. The first-order valence-corrected chi connectivity index (χ1v) is 7.70. The van der Waals surface area contributed by atoms with E-state index in [4.69, 9.17) is 15.2 Å². The molecule has 3 N–H and O–H groups in total. The topological polar surface area (TPSA) is 73.6 Å². The number of benzene rings is 2. The molecule has 1 atom stereocenters. The Hall–Kier alpha value is -2.45. The van der Waals surface area contributed by atoms with Gasteiger partial charge in [-0.05, 0) is 24.6 Å². The Labute approximate surface area is 161 Å². The zero-order valence-electron chi connectivity index (χ0n) is 14.7. The van der Waals surface area contributed by atoms with Crippen LogP contribution in [0.1, 0.15) is 17.2 Å². The van der Waals surface area contributed by atoms with E-state index in [-0.39, 0.29) is 29.6 Å². The predicted octanol–water partition coefficient (Wildman–Crippen LogP) is 4.01. The van der Waals surface area contributed by atoms with E-state index in [0.717, 1.165) is 5.56 Å². The highest BCUT2D eigenvalue weighted by Crippen LogP contribution is 2.32. The molecule has 1 amide bonds. The lowest BCUT2D eigenvalue weighted by atomic mass is 10.1. The SMILES string of the molecule is COc1ccc(NC(=O)C(N)c2ccc(C)cc2)cc1OCC(F)(F)F.Cl. The number of hydrogen-bond donors (Lipinski definition) is 2. The van der Waals surface area contributed by atoms with Crippen molar-refractivity contribution in [3.05, 3.63) is 53.6 Å². The van der Waals surface area contributed by atoms with Crippen LogP contribution in [0.3, 0.4) is 0 Å². The highest BCUT2D eigenvalue weighted by Gasteiger charge is 2.29. The summed E-state index contributed by atoms with van der Waals surface area (Å²) in [4.78, 5) is 12.3. The smallest absolute Gasteiger partial charge is 0.422 e. The Bertz CT molecular complexity index is 767. The molecule has 0 spiro atoms. The number of anilines is 1. The molecule has 0 radical (unpaired) electrons. The van der Waals surface area contributed by atoms with Crippen LogP contribution in [0.25, 0.3) is 0 Å². The van der Waals surface area contributed by atoms with Crippen LogP contribution in [0.15, 0.2) is 42.5 Å². The summed E-state index contributed by atoms with van der Waals surface area (Å²) in [5.74, 6) is -0.512. The van der Waals surface area contributed by atoms with Gasteiger partial charge in [-0.15, -0.1) is 12.4 Å². The second-order valence-corrected chi connectivity index (χ2v) is 5.65. The van der Waals surface area contributed by atoms with Gasteiger partial charge in [0.2, 0.25) is 5.91 Å². The molecular weight excluding hydrogens is 385 g/mol. The highest BCUT2D eigenvalue weighted by molar-refractivity contribution is 5.95. The van der Waals surface area contributed by atoms with Crippen LogP contribution in [-0.4, -0.2) is 25.8 Å². The maximum absolute atomic E-state index is 12.4. The lowest BCUT2D eigenvalue weighted by Crippen LogP contribution is -2.27. The van der Waals surface area contributed by atoms with E-state index < -0.39 is 24.7 Å². The van der Waals surface area contributed by atoms with E-state index in [1.54, 1.807) is 12.1 Å². The van der Waals surface area contributed by atoms with Crippen molar-refractivity contribution in [2.45, 2.75) is 19.1 Å². The molecule has 2 aromatic carbocycles. The second kappa shape index (κ2) is 9.48. The number of halogens is 4. The summed E-state index contributed by atoms with van der Waals surface area (Å²) in [5, 5.41) is 2.56. The average molecular weight is 405 g/mol. The number of ether oxygens (including phenoxy) is 2. The molecule has 27 heavy (non-hydrogen) atoms. The van der Waals surface area contributed by atoms with E-state index in [1.807, 2.05) is 19.1 Å². The molecule has 2 rings (SSSR count). The Kier molecular flexibility index (Phi) is 7.93. The zero-order valence-corrected chi connectivity index (χ0v) is 15.5. The lowest BCUT2D eigenvalue weighted by molar-refractivity contribution is -0.153. The second-order valence-electron chi connectivity index (χ2n) is 5.65. The first-order valence-electron chi connectivity index (χ1n) is 7.70. The number of amides is 1. The number of carbonyl (C=O) groups is 1. The molecule has 9 heteroatoms. The van der Waals surface area contributed by atoms with Crippen LogP contribution in [-0.2, 0) is 4.79 Å². The monoisotopic (exact) mass is 404 g/mol. The molecule has 0 fully saturated rings. The van der Waals surface area contributed by atoms with Crippen LogP contribution in [0.5, 0.6) is 11.5 Å². The third-order valence-electron chi connectivity index (χ3n) is 3.54. The van der Waals surface area contributed by atoms with Crippen molar-refractivity contribution in [3.63, 3.8) is 0 Å². The third-order valence-corrected chi connectivity index (χ3v) is 3.54. The van der Waals surface area contributed by atoms with Crippen molar-refractivity contribution >= 4 is 24.0 Å². The third kappa shape index (κ3) is 6.65. The maximum Gasteiger partial charge on any atom is 0.422 e. The van der Waals surface area contributed by atoms with Gasteiger partial charge in [0.15, 0.2) is 18.1 Å². The molecule has 0 aliphatic carbocycles. The van der Waals surface area contributed by atoms with Gasteiger partial charge in [-0.25, -0.2) is 0 Å². The summed E-state index contributed by atoms with van der Waals surface area (Å²) < 4.78 is 46.8. The summed E-state index contributed by atoms with van der Waals surface area (Å²) >= 11 is 0. The maximum atomic E-state index is 12.4. The van der Waals surface area contributed by atoms with Gasteiger partial charge in [0, 0.05) is 11.8 Å². The van der Waals surface area contributed by atoms with E-state index in [1.165, 1.54) is 25.3 Å². The van der Waals surface area contributed by atoms with Gasteiger partial charge in [-0.3, -0.25) is 4.79 Å². The van der Waals surface area contributed by atoms with Gasteiger partial charge in [-0.2, -0.15) is 13.2 Å². The molecule has 1 unspecified atom stereocenters. The molecule has 0 aliphatic rings. The predicted molar refractivity (Wildman–Crippen MR) is 98.5 cm³/mol. The van der Waals surface area contributed by atoms with Gasteiger partial charge >= 0.3 is 6.18 Å². The molecule has 0 saturated carbocycles. The zero-order chi connectivity index (χ0) is 19.3. The summed E-state index contributed by atoms with van der Waals surface area (Å²) in [7, 11) is 1.31. The molecule has 0 aromatic heterocycles. The molecule has 0 bridgehead atoms. The number of hydrogen-bond acceptors (Lipinski definition) is 4. The minimum atomic E-state index is -4.49. The number of methoxy groups -OCH3 is 1. The Balaban J connectivity index is 0.00000364. The molecule has 148 valence electrons. The molecule has 0 aliphatic heterocycles. The van der Waals surface area contributed by atoms with Gasteiger partial charge in [0.05, 0.1) is 7.11 Å². The fourth-order valence-electron chi connectivity index (χ4n) is 2.17. The molecular formula is C18H20ClF3N2O3. The van der Waals surface area contributed by atoms with E-state index in [0.29, 0.717) is 5.56 Å². The fourth-order valence-corrected chi connectivity index (χ4v) is 2.17. The van der Waals surface area contributed by atoms with Crippen LogP contribution in [0.2, 0.25) is 0 Å². The Morgan fingerprint density at radius 1 is 1.15 bits per heavy atom. The minimum absolute atomic E-state index is 0. The standard InChI is InChI=1S/C18H19F3N2O3.ClH/c1-11-3-5-12(6-4-11)16(22)17(24)23-13-7-8-14(25-2)15(9-13)26-10-18(19,20)21;/h3-9,16H,10,22H2,1-2H3,(H,23,24);1H. The quantitative estimate of drug-likeness (QED) is 0.763. The molecule has 0 saturated heterocycles. The first kappa shape index (κ1) is 22.6. The van der Waals surface area contributed by atoms with Crippen molar-refractivity contribution in [1.29, 1.82) is 0 Å². The van der Waals surface area contributed by atoms with Crippen LogP contribution in [0, 0.1) is 6.92 Å². The summed E-state index contributed by atoms with van der Waals surface area (Å²) in [5.41, 5.74) is 7.83. The number of rotatable bonds is 6. The van der Waals surface area contributed by atoms with Gasteiger partial charge in [0.1, 0.15) is 6.04 Å². The number of aryl methyl sites for hydroxylation is 1. The van der Waals surface area contributed by atoms with Crippen molar-refractivity contribution in [2.75, 3.05) is 19.0 Å². The molecule has 0 heterocycles. The molecule has 5 nitrogen and oxygen atoms in total. The number of alkyl halides is 3. The Morgan fingerprint density at radius 2 is 1.78 bits per heavy atom. The van der Waals surface area contributed by atoms with Crippen LogP contribution >= 0.6 is 12.4 Å². The van der Waals surface area contributed by atoms with Gasteiger partial charge in [-0.1, -0.05) is 29.8 Å². The van der Waals surface area contributed by atoms with Gasteiger partial charge in [0.25, 0.3) is 0 Å². The average Bonchev–Trinajstić information content (AvgIpc) is 2.59. The number of carbonyl (C=O) groups excluding carboxylic acids is 1. The van der Waals surface area contributed by atoms with E-state index >= 15 is 0 Å². The van der Waals surface area contributed by atoms with E-state index in [2.05, 4.69) is 5.32 Å². The van der Waals surface area contributed by atoms with Crippen molar-refractivity contribution in [2.24, 2.45) is 5.73 Å². The minimum Gasteiger partial charge on any atom is -0.493 e.